The molecule has 0 amide bonds. The van der Waals surface area contributed by atoms with Crippen molar-refractivity contribution in [3.63, 3.8) is 0 Å². The summed E-state index contributed by atoms with van der Waals surface area (Å²) < 4.78 is 0. The van der Waals surface area contributed by atoms with Crippen LogP contribution in [0, 0.1) is 11.3 Å². The van der Waals surface area contributed by atoms with Crippen LogP contribution in [0.25, 0.3) is 0 Å². The molecule has 0 N–H and O–H groups in total. The average Bonchev–Trinajstić information content (AvgIpc) is 2.95. The first kappa shape index (κ1) is 18.5. The molecule has 5 rings (SSSR count). The second-order valence-corrected chi connectivity index (χ2v) is 8.71. The van der Waals surface area contributed by atoms with Crippen LogP contribution in [0.4, 0.5) is 11.4 Å². The van der Waals surface area contributed by atoms with E-state index >= 15 is 0 Å². The highest BCUT2D eigenvalue weighted by molar-refractivity contribution is 5.56. The summed E-state index contributed by atoms with van der Waals surface area (Å²) in [6.45, 7) is 6.53. The topological polar surface area (TPSA) is 33.5 Å². The zero-order valence-corrected chi connectivity index (χ0v) is 17.2. The van der Waals surface area contributed by atoms with Crippen molar-refractivity contribution < 1.29 is 0 Å². The molecular weight excluding hydrogens is 356 g/mol. The lowest BCUT2D eigenvalue weighted by Gasteiger charge is -2.37. The molecule has 1 aliphatic carbocycles. The maximum atomic E-state index is 9.15. The Morgan fingerprint density at radius 1 is 0.759 bits per heavy atom. The Kier molecular flexibility index (Phi) is 5.16. The fraction of sp³-hybridized carbons (Fsp3) is 0.480. The number of hydrogen-bond donors (Lipinski definition) is 0. The Morgan fingerprint density at radius 3 is 2.10 bits per heavy atom. The fourth-order valence-electron chi connectivity index (χ4n) is 5.04. The van der Waals surface area contributed by atoms with Crippen molar-refractivity contribution in [3.05, 3.63) is 59.2 Å². The van der Waals surface area contributed by atoms with Gasteiger partial charge in [0.25, 0.3) is 0 Å². The summed E-state index contributed by atoms with van der Waals surface area (Å²) in [4.78, 5) is 7.66. The van der Waals surface area contributed by atoms with Gasteiger partial charge >= 0.3 is 0 Å². The Hall–Kier alpha value is -2.51. The monoisotopic (exact) mass is 386 g/mol. The standard InChI is InChI=1S/C25H30N4/c26-19-20-3-1-6-24(17-20)28-13-15-29(16-14-28)25-8-7-21-9-11-27(23-4-2-5-23)12-10-22(21)18-25/h1,3,6-8,17-18,23H,2,4-5,9-16H2. The highest BCUT2D eigenvalue weighted by Gasteiger charge is 2.26. The zero-order valence-electron chi connectivity index (χ0n) is 17.2. The smallest absolute Gasteiger partial charge is 0.0992 e. The van der Waals surface area contributed by atoms with E-state index in [2.05, 4.69) is 45.0 Å². The van der Waals surface area contributed by atoms with E-state index in [1.807, 2.05) is 18.2 Å². The quantitative estimate of drug-likeness (QED) is 0.803. The predicted molar refractivity (Wildman–Crippen MR) is 119 cm³/mol. The summed E-state index contributed by atoms with van der Waals surface area (Å²) in [5.74, 6) is 0. The van der Waals surface area contributed by atoms with Crippen LogP contribution in [0.15, 0.2) is 42.5 Å². The van der Waals surface area contributed by atoms with E-state index in [0.717, 1.165) is 37.8 Å². The minimum atomic E-state index is 0.742. The van der Waals surface area contributed by atoms with Gasteiger partial charge in [0.15, 0.2) is 0 Å². The van der Waals surface area contributed by atoms with Crippen molar-refractivity contribution in [2.45, 2.75) is 38.1 Å². The third-order valence-electron chi connectivity index (χ3n) is 7.10. The van der Waals surface area contributed by atoms with Crippen molar-refractivity contribution in [1.29, 1.82) is 5.26 Å². The fourth-order valence-corrected chi connectivity index (χ4v) is 5.04. The van der Waals surface area contributed by atoms with Crippen LogP contribution in [0.5, 0.6) is 0 Å². The van der Waals surface area contributed by atoms with Gasteiger partial charge in [0.1, 0.15) is 0 Å². The maximum absolute atomic E-state index is 9.15. The zero-order chi connectivity index (χ0) is 19.6. The van der Waals surface area contributed by atoms with Gasteiger partial charge in [0.05, 0.1) is 11.6 Å². The van der Waals surface area contributed by atoms with Crippen LogP contribution in [0.3, 0.4) is 0 Å². The van der Waals surface area contributed by atoms with Gasteiger partial charge < -0.3 is 9.80 Å². The summed E-state index contributed by atoms with van der Waals surface area (Å²) in [6, 6.07) is 18.3. The van der Waals surface area contributed by atoms with Crippen LogP contribution in [0.1, 0.15) is 36.0 Å². The molecule has 0 unspecified atom stereocenters. The van der Waals surface area contributed by atoms with E-state index in [4.69, 9.17) is 5.26 Å². The van der Waals surface area contributed by atoms with Crippen LogP contribution in [-0.4, -0.2) is 50.2 Å². The first-order valence-electron chi connectivity index (χ1n) is 11.2. The second kappa shape index (κ2) is 8.08. The normalized spacial score (nSPS) is 20.5. The van der Waals surface area contributed by atoms with E-state index in [-0.39, 0.29) is 0 Å². The molecule has 2 heterocycles. The lowest BCUT2D eigenvalue weighted by atomic mass is 9.91. The molecule has 2 fully saturated rings. The van der Waals surface area contributed by atoms with Crippen LogP contribution in [0.2, 0.25) is 0 Å². The molecule has 0 bridgehead atoms. The summed E-state index contributed by atoms with van der Waals surface area (Å²) in [6.07, 6.45) is 6.63. The van der Waals surface area contributed by atoms with Crippen molar-refractivity contribution in [1.82, 2.24) is 4.90 Å². The Bertz CT molecular complexity index is 903. The molecule has 1 saturated heterocycles. The van der Waals surface area contributed by atoms with Gasteiger partial charge in [-0.2, -0.15) is 5.26 Å². The molecule has 0 atom stereocenters. The molecule has 0 aromatic heterocycles. The molecule has 2 aromatic rings. The highest BCUT2D eigenvalue weighted by atomic mass is 15.3. The SMILES string of the molecule is N#Cc1cccc(N2CCN(c3ccc4c(c3)CCN(C3CCC3)CC4)CC2)c1. The average molecular weight is 387 g/mol. The molecule has 0 radical (unpaired) electrons. The van der Waals surface area contributed by atoms with E-state index in [0.29, 0.717) is 0 Å². The summed E-state index contributed by atoms with van der Waals surface area (Å²) in [5, 5.41) is 9.15. The number of rotatable bonds is 3. The predicted octanol–water partition coefficient (Wildman–Crippen LogP) is 3.84. The molecule has 2 aromatic carbocycles. The minimum Gasteiger partial charge on any atom is -0.368 e. The Labute approximate surface area is 174 Å². The first-order chi connectivity index (χ1) is 14.3. The number of fused-ring (bicyclic) bond motifs is 1. The highest BCUT2D eigenvalue weighted by Crippen LogP contribution is 2.29. The van der Waals surface area contributed by atoms with Gasteiger partial charge in [-0.25, -0.2) is 0 Å². The molecule has 2 aliphatic heterocycles. The van der Waals surface area contributed by atoms with Gasteiger partial charge in [-0.15, -0.1) is 0 Å². The molecule has 150 valence electrons. The first-order valence-corrected chi connectivity index (χ1v) is 11.2. The summed E-state index contributed by atoms with van der Waals surface area (Å²) in [7, 11) is 0. The lowest BCUT2D eigenvalue weighted by molar-refractivity contribution is 0.133. The molecule has 3 aliphatic rings. The van der Waals surface area contributed by atoms with E-state index in [1.165, 1.54) is 56.6 Å². The lowest BCUT2D eigenvalue weighted by Crippen LogP contribution is -2.46. The Morgan fingerprint density at radius 2 is 1.45 bits per heavy atom. The third kappa shape index (κ3) is 3.84. The van der Waals surface area contributed by atoms with Gasteiger partial charge in [-0.1, -0.05) is 18.6 Å². The number of anilines is 2. The largest absolute Gasteiger partial charge is 0.368 e. The number of nitriles is 1. The van der Waals surface area contributed by atoms with Crippen molar-refractivity contribution in [2.75, 3.05) is 49.1 Å². The number of nitrogens with zero attached hydrogens (tertiary/aromatic N) is 4. The van der Waals surface area contributed by atoms with Gasteiger partial charge in [0, 0.05) is 56.7 Å². The third-order valence-corrected chi connectivity index (χ3v) is 7.10. The molecular formula is C25H30N4. The number of hydrogen-bond acceptors (Lipinski definition) is 4. The Balaban J connectivity index is 1.24. The molecule has 29 heavy (non-hydrogen) atoms. The van der Waals surface area contributed by atoms with Crippen LogP contribution >= 0.6 is 0 Å². The van der Waals surface area contributed by atoms with E-state index in [9.17, 15) is 0 Å². The molecule has 4 nitrogen and oxygen atoms in total. The van der Waals surface area contributed by atoms with Crippen LogP contribution in [-0.2, 0) is 12.8 Å². The van der Waals surface area contributed by atoms with E-state index < -0.39 is 0 Å². The van der Waals surface area contributed by atoms with Crippen molar-refractivity contribution in [2.24, 2.45) is 0 Å². The number of piperazine rings is 1. The van der Waals surface area contributed by atoms with Gasteiger partial charge in [0.2, 0.25) is 0 Å². The second-order valence-electron chi connectivity index (χ2n) is 8.71. The van der Waals surface area contributed by atoms with Crippen molar-refractivity contribution >= 4 is 11.4 Å². The summed E-state index contributed by atoms with van der Waals surface area (Å²) in [5.41, 5.74) is 6.41. The molecule has 4 heteroatoms. The van der Waals surface area contributed by atoms with Crippen LogP contribution < -0.4 is 9.80 Å². The van der Waals surface area contributed by atoms with Gasteiger partial charge in [-0.3, -0.25) is 4.90 Å². The van der Waals surface area contributed by atoms with Gasteiger partial charge in [-0.05, 0) is 67.1 Å². The number of benzene rings is 2. The molecule has 1 saturated carbocycles. The van der Waals surface area contributed by atoms with Crippen molar-refractivity contribution in [3.8, 4) is 6.07 Å². The molecule has 0 spiro atoms. The minimum absolute atomic E-state index is 0.742. The maximum Gasteiger partial charge on any atom is 0.0992 e. The summed E-state index contributed by atoms with van der Waals surface area (Å²) >= 11 is 0. The van der Waals surface area contributed by atoms with E-state index in [1.54, 1.807) is 11.1 Å².